The molecule has 0 aromatic carbocycles. The number of nitrogens with zero attached hydrogens (tertiary/aromatic N) is 2. The van der Waals surface area contributed by atoms with Gasteiger partial charge < -0.3 is 10.2 Å². The second kappa shape index (κ2) is 7.03. The number of anilines is 1. The highest BCUT2D eigenvalue weighted by Crippen LogP contribution is 2.13. The van der Waals surface area contributed by atoms with Crippen LogP contribution >= 0.6 is 0 Å². The van der Waals surface area contributed by atoms with E-state index in [0.29, 0.717) is 12.5 Å². The van der Waals surface area contributed by atoms with E-state index in [-0.39, 0.29) is 0 Å². The summed E-state index contributed by atoms with van der Waals surface area (Å²) in [7, 11) is 1.97. The van der Waals surface area contributed by atoms with Gasteiger partial charge >= 0.3 is 0 Å². The van der Waals surface area contributed by atoms with Crippen LogP contribution in [0.25, 0.3) is 0 Å². The third kappa shape index (κ3) is 4.77. The third-order valence-electron chi connectivity index (χ3n) is 2.60. The van der Waals surface area contributed by atoms with Crippen LogP contribution in [0.5, 0.6) is 0 Å². The molecule has 0 unspecified atom stereocenters. The van der Waals surface area contributed by atoms with Crippen molar-refractivity contribution in [2.75, 3.05) is 25.0 Å². The first-order valence-electron chi connectivity index (χ1n) is 6.35. The quantitative estimate of drug-likeness (QED) is 0.779. The monoisotopic (exact) mass is 245 g/mol. The minimum Gasteiger partial charge on any atom is -0.349 e. The molecule has 1 aromatic rings. The van der Waals surface area contributed by atoms with E-state index >= 15 is 0 Å². The molecule has 0 fully saturated rings. The molecule has 0 radical (unpaired) electrons. The maximum Gasteiger partial charge on any atom is 0.129 e. The van der Waals surface area contributed by atoms with Crippen LogP contribution < -0.4 is 10.2 Å². The summed E-state index contributed by atoms with van der Waals surface area (Å²) in [5.41, 5.74) is 2.28. The lowest BCUT2D eigenvalue weighted by Crippen LogP contribution is -2.21. The van der Waals surface area contributed by atoms with E-state index in [1.54, 1.807) is 0 Å². The third-order valence-corrected chi connectivity index (χ3v) is 2.60. The van der Waals surface area contributed by atoms with Gasteiger partial charge in [0.2, 0.25) is 0 Å². The van der Waals surface area contributed by atoms with Gasteiger partial charge in [-0.15, -0.1) is 6.42 Å². The van der Waals surface area contributed by atoms with Crippen molar-refractivity contribution in [1.29, 1.82) is 0 Å². The van der Waals surface area contributed by atoms with Crippen molar-refractivity contribution in [1.82, 2.24) is 10.3 Å². The fourth-order valence-electron chi connectivity index (χ4n) is 1.74. The Labute approximate surface area is 111 Å². The zero-order valence-electron chi connectivity index (χ0n) is 11.8. The first-order chi connectivity index (χ1) is 8.52. The number of rotatable bonds is 6. The van der Waals surface area contributed by atoms with Crippen molar-refractivity contribution in [3.63, 3.8) is 0 Å². The standard InChI is InChI=1S/C15H23N3/c1-6-7-18(5)15-9-14(8-13(4)17-15)11-16-10-12(2)3/h1,8-9,12,16H,7,10-11H2,2-5H3. The number of terminal acetylenes is 1. The molecule has 0 amide bonds. The van der Waals surface area contributed by atoms with Gasteiger partial charge in [0.05, 0.1) is 6.54 Å². The molecule has 0 saturated carbocycles. The molecular formula is C15H23N3. The minimum atomic E-state index is 0.579. The van der Waals surface area contributed by atoms with Gasteiger partial charge in [0.25, 0.3) is 0 Å². The lowest BCUT2D eigenvalue weighted by atomic mass is 10.2. The number of nitrogens with one attached hydrogen (secondary N) is 1. The maximum absolute atomic E-state index is 5.32. The molecule has 0 bridgehead atoms. The highest BCUT2D eigenvalue weighted by Gasteiger charge is 2.04. The van der Waals surface area contributed by atoms with E-state index in [1.807, 2.05) is 18.9 Å². The van der Waals surface area contributed by atoms with Crippen molar-refractivity contribution < 1.29 is 0 Å². The summed E-state index contributed by atoms with van der Waals surface area (Å²) in [5, 5.41) is 3.44. The summed E-state index contributed by atoms with van der Waals surface area (Å²) in [4.78, 5) is 6.48. The van der Waals surface area contributed by atoms with Crippen LogP contribution in [0, 0.1) is 25.2 Å². The highest BCUT2D eigenvalue weighted by molar-refractivity contribution is 5.43. The fraction of sp³-hybridized carbons (Fsp3) is 0.533. The van der Waals surface area contributed by atoms with Crippen molar-refractivity contribution in [3.8, 4) is 12.3 Å². The number of hydrogen-bond acceptors (Lipinski definition) is 3. The molecule has 0 atom stereocenters. The fourth-order valence-corrected chi connectivity index (χ4v) is 1.74. The van der Waals surface area contributed by atoms with Crippen LogP contribution in [-0.2, 0) is 6.54 Å². The molecule has 18 heavy (non-hydrogen) atoms. The molecule has 0 aliphatic carbocycles. The van der Waals surface area contributed by atoms with Gasteiger partial charge in [-0.2, -0.15) is 0 Å². The molecule has 0 aliphatic heterocycles. The average molecular weight is 245 g/mol. The molecule has 1 rings (SSSR count). The Morgan fingerprint density at radius 1 is 1.44 bits per heavy atom. The number of hydrogen-bond donors (Lipinski definition) is 1. The lowest BCUT2D eigenvalue weighted by molar-refractivity contribution is 0.552. The Kier molecular flexibility index (Phi) is 5.67. The molecule has 0 saturated heterocycles. The first-order valence-corrected chi connectivity index (χ1v) is 6.35. The summed E-state index contributed by atoms with van der Waals surface area (Å²) in [5.74, 6) is 4.24. The van der Waals surface area contributed by atoms with Crippen LogP contribution in [0.3, 0.4) is 0 Å². The summed E-state index contributed by atoms with van der Waals surface area (Å²) >= 11 is 0. The van der Waals surface area contributed by atoms with E-state index in [4.69, 9.17) is 6.42 Å². The van der Waals surface area contributed by atoms with Crippen molar-refractivity contribution in [3.05, 3.63) is 23.4 Å². The van der Waals surface area contributed by atoms with E-state index in [9.17, 15) is 0 Å². The zero-order valence-corrected chi connectivity index (χ0v) is 11.8. The normalized spacial score (nSPS) is 10.4. The van der Waals surface area contributed by atoms with Gasteiger partial charge in [-0.05, 0) is 37.1 Å². The Morgan fingerprint density at radius 2 is 2.17 bits per heavy atom. The summed E-state index contributed by atoms with van der Waals surface area (Å²) in [6, 6.07) is 4.21. The number of aryl methyl sites for hydroxylation is 1. The van der Waals surface area contributed by atoms with Crippen molar-refractivity contribution >= 4 is 5.82 Å². The predicted octanol–water partition coefficient (Wildman–Crippen LogP) is 2.21. The largest absolute Gasteiger partial charge is 0.349 e. The second-order valence-corrected chi connectivity index (χ2v) is 5.06. The van der Waals surface area contributed by atoms with Gasteiger partial charge in [0, 0.05) is 19.3 Å². The van der Waals surface area contributed by atoms with E-state index in [0.717, 1.165) is 24.6 Å². The van der Waals surface area contributed by atoms with E-state index < -0.39 is 0 Å². The van der Waals surface area contributed by atoms with Gasteiger partial charge in [-0.3, -0.25) is 0 Å². The van der Waals surface area contributed by atoms with Crippen LogP contribution in [0.4, 0.5) is 5.82 Å². The van der Waals surface area contributed by atoms with Gasteiger partial charge in [-0.25, -0.2) is 4.98 Å². The molecule has 1 N–H and O–H groups in total. The lowest BCUT2D eigenvalue weighted by Gasteiger charge is -2.17. The first kappa shape index (κ1) is 14.5. The van der Waals surface area contributed by atoms with Crippen LogP contribution in [-0.4, -0.2) is 25.1 Å². The Bertz CT molecular complexity index is 418. The molecule has 98 valence electrons. The SMILES string of the molecule is C#CCN(C)c1cc(CNCC(C)C)cc(C)n1. The number of aromatic nitrogens is 1. The highest BCUT2D eigenvalue weighted by atomic mass is 15.2. The maximum atomic E-state index is 5.32. The Morgan fingerprint density at radius 3 is 2.78 bits per heavy atom. The topological polar surface area (TPSA) is 28.2 Å². The van der Waals surface area contributed by atoms with Crippen LogP contribution in [0.2, 0.25) is 0 Å². The van der Waals surface area contributed by atoms with Gasteiger partial charge in [0.1, 0.15) is 5.82 Å². The minimum absolute atomic E-state index is 0.579. The van der Waals surface area contributed by atoms with E-state index in [1.165, 1.54) is 5.56 Å². The Balaban J connectivity index is 2.72. The second-order valence-electron chi connectivity index (χ2n) is 5.06. The summed E-state index contributed by atoms with van der Waals surface area (Å²) in [6.45, 7) is 8.90. The summed E-state index contributed by atoms with van der Waals surface area (Å²) < 4.78 is 0. The molecular weight excluding hydrogens is 222 g/mol. The molecule has 3 heteroatoms. The molecule has 1 aromatic heterocycles. The van der Waals surface area contributed by atoms with Crippen LogP contribution in [0.1, 0.15) is 25.1 Å². The molecule has 0 spiro atoms. The van der Waals surface area contributed by atoms with Crippen molar-refractivity contribution in [2.45, 2.75) is 27.3 Å². The van der Waals surface area contributed by atoms with Crippen LogP contribution in [0.15, 0.2) is 12.1 Å². The predicted molar refractivity (Wildman–Crippen MR) is 77.6 cm³/mol. The van der Waals surface area contributed by atoms with Gasteiger partial charge in [-0.1, -0.05) is 19.8 Å². The van der Waals surface area contributed by atoms with Gasteiger partial charge in [0.15, 0.2) is 0 Å². The zero-order chi connectivity index (χ0) is 13.5. The molecule has 1 heterocycles. The molecule has 0 aliphatic rings. The Hall–Kier alpha value is -1.53. The summed E-state index contributed by atoms with van der Waals surface area (Å²) in [6.07, 6.45) is 5.32. The van der Waals surface area contributed by atoms with E-state index in [2.05, 4.69) is 42.2 Å². The number of pyridine rings is 1. The average Bonchev–Trinajstić information content (AvgIpc) is 2.28. The van der Waals surface area contributed by atoms with Crippen molar-refractivity contribution in [2.24, 2.45) is 5.92 Å². The smallest absolute Gasteiger partial charge is 0.129 e. The molecule has 3 nitrogen and oxygen atoms in total.